The summed E-state index contributed by atoms with van der Waals surface area (Å²) in [6, 6.07) is 0. The Balaban J connectivity index is 0. The van der Waals surface area contributed by atoms with Crippen LogP contribution in [0.2, 0.25) is 0 Å². The van der Waals surface area contributed by atoms with E-state index in [9.17, 15) is 9.69 Å². The Bertz CT molecular complexity index is 294. The predicted octanol–water partition coefficient (Wildman–Crippen LogP) is 4.18. The van der Waals surface area contributed by atoms with Crippen molar-refractivity contribution in [1.29, 1.82) is 0 Å². The SMILES string of the molecule is CC(C)OP(O)(=S)OC(C)C.CCCCCCOC(C)=O. The molecule has 7 heteroatoms. The molecule has 0 aromatic heterocycles. The minimum absolute atomic E-state index is 0.0930. The largest absolute Gasteiger partial charge is 0.466 e. The number of esters is 1. The molecule has 0 aliphatic carbocycles. The van der Waals surface area contributed by atoms with Crippen LogP contribution in [0.5, 0.6) is 0 Å². The standard InChI is InChI=1S/C8H16O2.C6H15O3PS/c1-3-4-5-6-7-10-8(2)9;1-5(2)8-10(7,11)9-6(3)4/h3-7H2,1-2H3;5-6H,1-4H3,(H,7,11). The zero-order chi connectivity index (χ0) is 16.9. The van der Waals surface area contributed by atoms with Gasteiger partial charge in [-0.25, -0.2) is 0 Å². The second-order valence-corrected chi connectivity index (χ2v) is 7.92. The molecule has 1 N–H and O–H groups in total. The van der Waals surface area contributed by atoms with E-state index in [0.717, 1.165) is 6.42 Å². The lowest BCUT2D eigenvalue weighted by atomic mass is 10.2. The molecule has 0 aromatic carbocycles. The zero-order valence-corrected chi connectivity index (χ0v) is 15.8. The van der Waals surface area contributed by atoms with Gasteiger partial charge in [0, 0.05) is 6.92 Å². The summed E-state index contributed by atoms with van der Waals surface area (Å²) in [4.78, 5) is 19.6. The number of ether oxygens (including phenoxy) is 1. The highest BCUT2D eigenvalue weighted by atomic mass is 32.5. The fourth-order valence-corrected chi connectivity index (χ4v) is 3.45. The van der Waals surface area contributed by atoms with E-state index in [1.807, 2.05) is 0 Å². The zero-order valence-electron chi connectivity index (χ0n) is 14.1. The number of hydrogen-bond donors (Lipinski definition) is 1. The van der Waals surface area contributed by atoms with Crippen molar-refractivity contribution in [3.05, 3.63) is 0 Å². The summed E-state index contributed by atoms with van der Waals surface area (Å²) in [5.41, 5.74) is 0. The van der Waals surface area contributed by atoms with Gasteiger partial charge in [0.2, 0.25) is 0 Å². The van der Waals surface area contributed by atoms with Gasteiger partial charge in [0.1, 0.15) is 0 Å². The highest BCUT2D eigenvalue weighted by Crippen LogP contribution is 2.45. The van der Waals surface area contributed by atoms with Crippen molar-refractivity contribution in [1.82, 2.24) is 0 Å². The van der Waals surface area contributed by atoms with Gasteiger partial charge in [-0.2, -0.15) is 0 Å². The van der Waals surface area contributed by atoms with Gasteiger partial charge in [0.25, 0.3) is 0 Å². The van der Waals surface area contributed by atoms with Crippen molar-refractivity contribution < 1.29 is 23.5 Å². The Labute approximate surface area is 134 Å². The second kappa shape index (κ2) is 13.6. The van der Waals surface area contributed by atoms with E-state index in [1.165, 1.54) is 26.2 Å². The Hall–Kier alpha value is 0. The molecule has 0 amide bonds. The number of carbonyl (C=O) groups is 1. The molecule has 0 bridgehead atoms. The van der Waals surface area contributed by atoms with Crippen LogP contribution in [-0.2, 0) is 30.4 Å². The molecule has 128 valence electrons. The molecule has 0 saturated carbocycles. The minimum Gasteiger partial charge on any atom is -0.466 e. The van der Waals surface area contributed by atoms with Crippen LogP contribution >= 0.6 is 6.72 Å². The highest BCUT2D eigenvalue weighted by Gasteiger charge is 2.18. The molecule has 0 atom stereocenters. The maximum Gasteiger partial charge on any atom is 0.325 e. The molecule has 0 saturated heterocycles. The van der Waals surface area contributed by atoms with E-state index in [1.54, 1.807) is 27.7 Å². The van der Waals surface area contributed by atoms with Crippen LogP contribution in [-0.4, -0.2) is 29.7 Å². The van der Waals surface area contributed by atoms with Gasteiger partial charge >= 0.3 is 12.7 Å². The molecule has 5 nitrogen and oxygen atoms in total. The van der Waals surface area contributed by atoms with E-state index >= 15 is 0 Å². The summed E-state index contributed by atoms with van der Waals surface area (Å²) in [6.45, 7) is 8.45. The van der Waals surface area contributed by atoms with Crippen molar-refractivity contribution in [2.75, 3.05) is 6.61 Å². The molecule has 0 spiro atoms. The van der Waals surface area contributed by atoms with Gasteiger partial charge in [-0.1, -0.05) is 26.2 Å². The number of hydrogen-bond acceptors (Lipinski definition) is 5. The van der Waals surface area contributed by atoms with E-state index in [-0.39, 0.29) is 18.2 Å². The van der Waals surface area contributed by atoms with Crippen molar-refractivity contribution in [3.8, 4) is 0 Å². The molecular weight excluding hydrogens is 311 g/mol. The lowest BCUT2D eigenvalue weighted by Crippen LogP contribution is -2.06. The number of rotatable bonds is 9. The third-order valence-corrected chi connectivity index (χ3v) is 3.88. The van der Waals surface area contributed by atoms with Crippen LogP contribution in [0.4, 0.5) is 0 Å². The van der Waals surface area contributed by atoms with Gasteiger partial charge in [-0.05, 0) is 45.9 Å². The van der Waals surface area contributed by atoms with Gasteiger partial charge in [-0.15, -0.1) is 0 Å². The average Bonchev–Trinajstić information content (AvgIpc) is 2.25. The Morgan fingerprint density at radius 3 is 1.90 bits per heavy atom. The summed E-state index contributed by atoms with van der Waals surface area (Å²) in [5.74, 6) is -0.170. The summed E-state index contributed by atoms with van der Waals surface area (Å²) >= 11 is 4.72. The molecule has 0 radical (unpaired) electrons. The first kappa shape index (κ1) is 23.3. The quantitative estimate of drug-likeness (QED) is 0.385. The number of unbranched alkanes of at least 4 members (excludes halogenated alkanes) is 3. The minimum atomic E-state index is -2.97. The van der Waals surface area contributed by atoms with E-state index in [2.05, 4.69) is 6.92 Å². The Morgan fingerprint density at radius 1 is 1.10 bits per heavy atom. The van der Waals surface area contributed by atoms with Crippen molar-refractivity contribution in [2.24, 2.45) is 0 Å². The summed E-state index contributed by atoms with van der Waals surface area (Å²) in [5, 5.41) is 0. The Morgan fingerprint density at radius 2 is 1.57 bits per heavy atom. The van der Waals surface area contributed by atoms with Gasteiger partial charge in [-0.3, -0.25) is 4.79 Å². The van der Waals surface area contributed by atoms with Crippen LogP contribution in [0, 0.1) is 0 Å². The maximum absolute atomic E-state index is 10.3. The van der Waals surface area contributed by atoms with Crippen molar-refractivity contribution >= 4 is 24.5 Å². The van der Waals surface area contributed by atoms with Gasteiger partial charge < -0.3 is 18.7 Å². The second-order valence-electron chi connectivity index (χ2n) is 5.18. The van der Waals surface area contributed by atoms with Crippen molar-refractivity contribution in [3.63, 3.8) is 0 Å². The molecule has 0 rings (SSSR count). The van der Waals surface area contributed by atoms with Gasteiger partial charge in [0.05, 0.1) is 18.8 Å². The topological polar surface area (TPSA) is 65.0 Å². The molecule has 21 heavy (non-hydrogen) atoms. The monoisotopic (exact) mass is 342 g/mol. The van der Waals surface area contributed by atoms with Gasteiger partial charge in [0.15, 0.2) is 0 Å². The Kier molecular flexibility index (Phi) is 15.1. The van der Waals surface area contributed by atoms with Crippen LogP contribution < -0.4 is 0 Å². The third kappa shape index (κ3) is 22.4. The van der Waals surface area contributed by atoms with Crippen LogP contribution in [0.25, 0.3) is 0 Å². The first-order chi connectivity index (χ1) is 9.60. The predicted molar refractivity (Wildman–Crippen MR) is 89.7 cm³/mol. The molecule has 0 fully saturated rings. The average molecular weight is 342 g/mol. The highest BCUT2D eigenvalue weighted by molar-refractivity contribution is 8.07. The molecule has 0 unspecified atom stereocenters. The van der Waals surface area contributed by atoms with Crippen LogP contribution in [0.1, 0.15) is 67.2 Å². The normalized spacial score (nSPS) is 11.3. The lowest BCUT2D eigenvalue weighted by molar-refractivity contribution is -0.141. The first-order valence-electron chi connectivity index (χ1n) is 7.43. The summed E-state index contributed by atoms with van der Waals surface area (Å²) in [6.07, 6.45) is 4.45. The van der Waals surface area contributed by atoms with E-state index in [4.69, 9.17) is 25.6 Å². The van der Waals surface area contributed by atoms with Crippen LogP contribution in [0.3, 0.4) is 0 Å². The lowest BCUT2D eigenvalue weighted by Gasteiger charge is -2.19. The number of carbonyl (C=O) groups excluding carboxylic acids is 1. The van der Waals surface area contributed by atoms with Crippen molar-refractivity contribution in [2.45, 2.75) is 79.4 Å². The first-order valence-corrected chi connectivity index (χ1v) is 10.0. The summed E-state index contributed by atoms with van der Waals surface area (Å²) in [7, 11) is 0. The summed E-state index contributed by atoms with van der Waals surface area (Å²) < 4.78 is 14.8. The molecule has 0 aromatic rings. The fourth-order valence-electron chi connectivity index (χ4n) is 1.30. The molecular formula is C14H31O5PS. The molecule has 0 aliphatic rings. The molecule has 0 heterocycles. The van der Waals surface area contributed by atoms with Crippen LogP contribution in [0.15, 0.2) is 0 Å². The smallest absolute Gasteiger partial charge is 0.325 e. The van der Waals surface area contributed by atoms with E-state index in [0.29, 0.717) is 6.61 Å². The van der Waals surface area contributed by atoms with E-state index < -0.39 is 6.72 Å². The molecule has 0 aliphatic heterocycles. The third-order valence-electron chi connectivity index (χ3n) is 1.99. The maximum atomic E-state index is 10.3. The fraction of sp³-hybridized carbons (Fsp3) is 0.929.